The van der Waals surface area contributed by atoms with Crippen molar-refractivity contribution in [3.63, 3.8) is 0 Å². The standard InChI is InChI=1S/C25H27N9O2/c1-17-16-32(2)10-11-33(17)20-8-6-19(7-9-20)28-24-27-15-18(14-26)23(31-24)30-21-4-3-5-22(29-21)34-12-13-36-25(34)35/h3-9,15,17H,10-13,16H2,1-2H3,(H2,27,28,29,30,31)/t17-/m0/s1. The van der Waals surface area contributed by atoms with Crippen molar-refractivity contribution in [2.75, 3.05) is 60.3 Å². The van der Waals surface area contributed by atoms with Crippen molar-refractivity contribution in [2.24, 2.45) is 0 Å². The number of piperazine rings is 1. The monoisotopic (exact) mass is 485 g/mol. The second-order valence-corrected chi connectivity index (χ2v) is 8.82. The van der Waals surface area contributed by atoms with Crippen LogP contribution in [0.25, 0.3) is 0 Å². The number of hydrogen-bond donors (Lipinski definition) is 2. The molecule has 11 nitrogen and oxygen atoms in total. The average Bonchev–Trinajstić information content (AvgIpc) is 3.31. The Morgan fingerprint density at radius 2 is 1.92 bits per heavy atom. The van der Waals surface area contributed by atoms with Gasteiger partial charge in [0.1, 0.15) is 29.9 Å². The molecule has 11 heteroatoms. The first kappa shape index (κ1) is 23.3. The number of pyridine rings is 1. The van der Waals surface area contributed by atoms with Crippen molar-refractivity contribution in [2.45, 2.75) is 13.0 Å². The first-order valence-electron chi connectivity index (χ1n) is 11.8. The number of rotatable bonds is 6. The SMILES string of the molecule is C[C@H]1CN(C)CCN1c1ccc(Nc2ncc(C#N)c(Nc3cccc(N4CCOC4=O)n3)n2)cc1. The fourth-order valence-electron chi connectivity index (χ4n) is 4.37. The Kier molecular flexibility index (Phi) is 6.51. The van der Waals surface area contributed by atoms with Gasteiger partial charge in [0.25, 0.3) is 0 Å². The predicted molar refractivity (Wildman–Crippen MR) is 137 cm³/mol. The third-order valence-corrected chi connectivity index (χ3v) is 6.21. The molecule has 0 radical (unpaired) electrons. The van der Waals surface area contributed by atoms with Crippen LogP contribution in [0.3, 0.4) is 0 Å². The van der Waals surface area contributed by atoms with Gasteiger partial charge in [0.15, 0.2) is 5.82 Å². The van der Waals surface area contributed by atoms with Crippen LogP contribution >= 0.6 is 0 Å². The molecule has 1 aromatic carbocycles. The number of anilines is 6. The molecule has 5 rings (SSSR count). The van der Waals surface area contributed by atoms with Gasteiger partial charge in [0, 0.05) is 37.1 Å². The lowest BCUT2D eigenvalue weighted by atomic mass is 10.1. The van der Waals surface area contributed by atoms with Gasteiger partial charge in [0.05, 0.1) is 12.7 Å². The molecule has 0 aliphatic carbocycles. The summed E-state index contributed by atoms with van der Waals surface area (Å²) in [4.78, 5) is 31.3. The lowest BCUT2D eigenvalue weighted by molar-refractivity contribution is 0.181. The summed E-state index contributed by atoms with van der Waals surface area (Å²) in [6, 6.07) is 15.9. The highest BCUT2D eigenvalue weighted by Gasteiger charge is 2.25. The molecule has 2 aliphatic rings. The van der Waals surface area contributed by atoms with E-state index in [0.717, 1.165) is 25.3 Å². The topological polar surface area (TPSA) is 123 Å². The van der Waals surface area contributed by atoms with E-state index >= 15 is 0 Å². The maximum atomic E-state index is 11.9. The number of carbonyl (C=O) groups excluding carboxylic acids is 1. The highest BCUT2D eigenvalue weighted by atomic mass is 16.6. The van der Waals surface area contributed by atoms with Crippen molar-refractivity contribution in [1.82, 2.24) is 19.9 Å². The van der Waals surface area contributed by atoms with Crippen molar-refractivity contribution < 1.29 is 9.53 Å². The Hall–Kier alpha value is -4.43. The highest BCUT2D eigenvalue weighted by molar-refractivity contribution is 5.88. The van der Waals surface area contributed by atoms with Gasteiger partial charge >= 0.3 is 6.09 Å². The lowest BCUT2D eigenvalue weighted by Crippen LogP contribution is -2.50. The van der Waals surface area contributed by atoms with Gasteiger partial charge in [-0.3, -0.25) is 4.90 Å². The summed E-state index contributed by atoms with van der Waals surface area (Å²) < 4.78 is 4.99. The lowest BCUT2D eigenvalue weighted by Gasteiger charge is -2.39. The van der Waals surface area contributed by atoms with Crippen molar-refractivity contribution in [1.29, 1.82) is 5.26 Å². The van der Waals surface area contributed by atoms with E-state index < -0.39 is 6.09 Å². The molecule has 2 N–H and O–H groups in total. The Morgan fingerprint density at radius 3 is 2.64 bits per heavy atom. The van der Waals surface area contributed by atoms with E-state index in [2.05, 4.69) is 67.6 Å². The van der Waals surface area contributed by atoms with Crippen LogP contribution in [-0.2, 0) is 4.74 Å². The normalized spacial score (nSPS) is 18.0. The summed E-state index contributed by atoms with van der Waals surface area (Å²) >= 11 is 0. The average molecular weight is 486 g/mol. The Morgan fingerprint density at radius 1 is 1.08 bits per heavy atom. The van der Waals surface area contributed by atoms with Gasteiger partial charge in [-0.25, -0.2) is 14.8 Å². The van der Waals surface area contributed by atoms with E-state index in [1.54, 1.807) is 18.2 Å². The zero-order valence-electron chi connectivity index (χ0n) is 20.2. The zero-order valence-corrected chi connectivity index (χ0v) is 20.2. The van der Waals surface area contributed by atoms with Crippen LogP contribution in [0.5, 0.6) is 0 Å². The molecule has 184 valence electrons. The maximum absolute atomic E-state index is 11.9. The summed E-state index contributed by atoms with van der Waals surface area (Å²) in [5, 5.41) is 15.8. The van der Waals surface area contributed by atoms with Crippen LogP contribution in [0.4, 0.5) is 39.6 Å². The zero-order chi connectivity index (χ0) is 25.1. The fourth-order valence-corrected chi connectivity index (χ4v) is 4.37. The van der Waals surface area contributed by atoms with Gasteiger partial charge in [-0.1, -0.05) is 6.07 Å². The third-order valence-electron chi connectivity index (χ3n) is 6.21. The van der Waals surface area contributed by atoms with Gasteiger partial charge in [-0.2, -0.15) is 10.2 Å². The molecule has 2 aromatic heterocycles. The first-order valence-corrected chi connectivity index (χ1v) is 11.8. The molecule has 0 unspecified atom stereocenters. The smallest absolute Gasteiger partial charge is 0.415 e. The molecule has 4 heterocycles. The number of ether oxygens (including phenoxy) is 1. The van der Waals surface area contributed by atoms with Crippen LogP contribution in [0.15, 0.2) is 48.7 Å². The number of benzene rings is 1. The first-order chi connectivity index (χ1) is 17.5. The maximum Gasteiger partial charge on any atom is 0.415 e. The molecule has 0 saturated carbocycles. The molecule has 3 aromatic rings. The fraction of sp³-hybridized carbons (Fsp3) is 0.320. The van der Waals surface area contributed by atoms with Gasteiger partial charge in [-0.05, 0) is 50.4 Å². The molecule has 0 spiro atoms. The molecule has 1 atom stereocenters. The number of carbonyl (C=O) groups is 1. The van der Waals surface area contributed by atoms with E-state index in [-0.39, 0.29) is 5.56 Å². The van der Waals surface area contributed by atoms with E-state index in [0.29, 0.717) is 42.6 Å². The van der Waals surface area contributed by atoms with Crippen LogP contribution in [0.2, 0.25) is 0 Å². The van der Waals surface area contributed by atoms with Crippen molar-refractivity contribution in [3.8, 4) is 6.07 Å². The van der Waals surface area contributed by atoms with Crippen LogP contribution in [0, 0.1) is 11.3 Å². The second kappa shape index (κ2) is 10.1. The number of cyclic esters (lactones) is 1. The number of nitriles is 1. The largest absolute Gasteiger partial charge is 0.447 e. The van der Waals surface area contributed by atoms with E-state index in [1.807, 2.05) is 12.1 Å². The van der Waals surface area contributed by atoms with E-state index in [1.165, 1.54) is 16.8 Å². The number of nitrogens with one attached hydrogen (secondary N) is 2. The number of hydrogen-bond acceptors (Lipinski definition) is 10. The molecule has 0 bridgehead atoms. The van der Waals surface area contributed by atoms with Gasteiger partial charge < -0.3 is 25.2 Å². The van der Waals surface area contributed by atoms with Gasteiger partial charge in [0.2, 0.25) is 5.95 Å². The van der Waals surface area contributed by atoms with Crippen molar-refractivity contribution >= 4 is 40.9 Å². The van der Waals surface area contributed by atoms with Crippen molar-refractivity contribution in [3.05, 3.63) is 54.2 Å². The van der Waals surface area contributed by atoms with E-state index in [4.69, 9.17) is 4.74 Å². The molecule has 2 saturated heterocycles. The van der Waals surface area contributed by atoms with Gasteiger partial charge in [-0.15, -0.1) is 0 Å². The van der Waals surface area contributed by atoms with E-state index in [9.17, 15) is 10.1 Å². The number of aromatic nitrogens is 3. The Labute approximate surface area is 209 Å². The molecule has 1 amide bonds. The molecule has 36 heavy (non-hydrogen) atoms. The predicted octanol–water partition coefficient (Wildman–Crippen LogP) is 3.33. The quantitative estimate of drug-likeness (QED) is 0.537. The summed E-state index contributed by atoms with van der Waals surface area (Å²) in [6.45, 7) is 6.07. The minimum Gasteiger partial charge on any atom is -0.447 e. The van der Waals surface area contributed by atoms with Crippen LogP contribution in [-0.4, -0.2) is 71.8 Å². The number of nitrogens with zero attached hydrogens (tertiary/aromatic N) is 7. The van der Waals surface area contributed by atoms with Crippen LogP contribution in [0.1, 0.15) is 12.5 Å². The Bertz CT molecular complexity index is 1290. The molecule has 2 aliphatic heterocycles. The third kappa shape index (κ3) is 4.99. The molecular weight excluding hydrogens is 458 g/mol. The summed E-state index contributed by atoms with van der Waals surface area (Å²) in [7, 11) is 2.15. The number of amides is 1. The number of likely N-dealkylation sites (N-methyl/N-ethyl adjacent to an activating group) is 1. The minimum absolute atomic E-state index is 0.271. The van der Waals surface area contributed by atoms with Crippen LogP contribution < -0.4 is 20.4 Å². The minimum atomic E-state index is -0.431. The molecule has 2 fully saturated rings. The second-order valence-electron chi connectivity index (χ2n) is 8.82. The molecular formula is C25H27N9O2. The summed E-state index contributed by atoms with van der Waals surface area (Å²) in [6.07, 6.45) is 1.03. The highest BCUT2D eigenvalue weighted by Crippen LogP contribution is 2.25. The summed E-state index contributed by atoms with van der Waals surface area (Å²) in [5.41, 5.74) is 2.29. The Balaban J connectivity index is 1.31. The summed E-state index contributed by atoms with van der Waals surface area (Å²) in [5.74, 6) is 1.56.